The van der Waals surface area contributed by atoms with Crippen molar-refractivity contribution in [3.63, 3.8) is 0 Å². The first-order chi connectivity index (χ1) is 6.88. The van der Waals surface area contributed by atoms with E-state index in [-0.39, 0.29) is 5.82 Å². The third kappa shape index (κ3) is 4.45. The van der Waals surface area contributed by atoms with Gasteiger partial charge in [0.15, 0.2) is 0 Å². The smallest absolute Gasteiger partial charge is 0.127 e. The Morgan fingerprint density at radius 3 is 2.73 bits per heavy atom. The van der Waals surface area contributed by atoms with Gasteiger partial charge in [-0.2, -0.15) is 0 Å². The zero-order chi connectivity index (χ0) is 11.5. The van der Waals surface area contributed by atoms with Crippen LogP contribution in [0, 0.1) is 5.82 Å². The van der Waals surface area contributed by atoms with Crippen LogP contribution in [0.15, 0.2) is 18.2 Å². The van der Waals surface area contributed by atoms with Gasteiger partial charge in [0.25, 0.3) is 0 Å². The zero-order valence-electron chi connectivity index (χ0n) is 9.05. The van der Waals surface area contributed by atoms with Crippen LogP contribution in [0.4, 0.5) is 4.39 Å². The Hall–Kier alpha value is -0.865. The number of halogens is 1. The van der Waals surface area contributed by atoms with Crippen molar-refractivity contribution < 1.29 is 9.50 Å². The minimum Gasteiger partial charge on any atom is -0.389 e. The SMILES string of the molecule is [B]c1ccc(F)c(CNCC(C)(C)O)c1. The normalized spacial score (nSPS) is 11.7. The van der Waals surface area contributed by atoms with Crippen molar-refractivity contribution in [1.82, 2.24) is 5.32 Å². The molecule has 2 N–H and O–H groups in total. The van der Waals surface area contributed by atoms with Gasteiger partial charge in [0.2, 0.25) is 0 Å². The molecule has 2 radical (unpaired) electrons. The fourth-order valence-corrected chi connectivity index (χ4v) is 1.23. The summed E-state index contributed by atoms with van der Waals surface area (Å²) in [6.07, 6.45) is 0. The van der Waals surface area contributed by atoms with Crippen LogP contribution in [-0.4, -0.2) is 25.1 Å². The van der Waals surface area contributed by atoms with Gasteiger partial charge in [-0.15, -0.1) is 0 Å². The van der Waals surface area contributed by atoms with E-state index in [1.54, 1.807) is 19.9 Å². The van der Waals surface area contributed by atoms with E-state index < -0.39 is 5.60 Å². The number of hydrogen-bond donors (Lipinski definition) is 2. The van der Waals surface area contributed by atoms with Crippen LogP contribution in [-0.2, 0) is 6.54 Å². The quantitative estimate of drug-likeness (QED) is 0.704. The molecule has 2 nitrogen and oxygen atoms in total. The van der Waals surface area contributed by atoms with Crippen molar-refractivity contribution in [3.05, 3.63) is 29.6 Å². The van der Waals surface area contributed by atoms with Crippen LogP contribution >= 0.6 is 0 Å². The Morgan fingerprint density at radius 1 is 1.47 bits per heavy atom. The largest absolute Gasteiger partial charge is 0.389 e. The Balaban J connectivity index is 2.54. The van der Waals surface area contributed by atoms with Crippen molar-refractivity contribution >= 4 is 13.3 Å². The molecule has 0 bridgehead atoms. The second-order valence-electron chi connectivity index (χ2n) is 4.27. The molecule has 15 heavy (non-hydrogen) atoms. The fourth-order valence-electron chi connectivity index (χ4n) is 1.23. The molecule has 0 amide bonds. The van der Waals surface area contributed by atoms with E-state index in [2.05, 4.69) is 5.32 Å². The molecule has 1 aromatic carbocycles. The lowest BCUT2D eigenvalue weighted by Gasteiger charge is -2.17. The number of nitrogens with one attached hydrogen (secondary N) is 1. The van der Waals surface area contributed by atoms with Gasteiger partial charge in [0.1, 0.15) is 13.7 Å². The van der Waals surface area contributed by atoms with E-state index in [0.717, 1.165) is 0 Å². The Morgan fingerprint density at radius 2 is 2.13 bits per heavy atom. The zero-order valence-corrected chi connectivity index (χ0v) is 9.05. The second-order valence-corrected chi connectivity index (χ2v) is 4.27. The molecule has 0 aliphatic rings. The molecule has 0 aromatic heterocycles. The molecule has 1 rings (SSSR count). The van der Waals surface area contributed by atoms with Gasteiger partial charge < -0.3 is 10.4 Å². The highest BCUT2D eigenvalue weighted by Gasteiger charge is 2.11. The van der Waals surface area contributed by atoms with Gasteiger partial charge in [-0.25, -0.2) is 4.39 Å². The summed E-state index contributed by atoms with van der Waals surface area (Å²) in [5, 5.41) is 12.4. The molecule has 4 heteroatoms. The topological polar surface area (TPSA) is 32.3 Å². The molecule has 0 spiro atoms. The number of hydrogen-bond acceptors (Lipinski definition) is 2. The average molecular weight is 207 g/mol. The summed E-state index contributed by atoms with van der Waals surface area (Å²) < 4.78 is 13.2. The highest BCUT2D eigenvalue weighted by atomic mass is 19.1. The predicted octanol–water partition coefficient (Wildman–Crippen LogP) is 0.480. The third-order valence-corrected chi connectivity index (χ3v) is 1.94. The van der Waals surface area contributed by atoms with Crippen LogP contribution in [0.2, 0.25) is 0 Å². The third-order valence-electron chi connectivity index (χ3n) is 1.94. The van der Waals surface area contributed by atoms with Crippen molar-refractivity contribution in [2.45, 2.75) is 26.0 Å². The molecule has 0 aliphatic heterocycles. The van der Waals surface area contributed by atoms with E-state index in [1.807, 2.05) is 0 Å². The summed E-state index contributed by atoms with van der Waals surface area (Å²) in [6, 6.07) is 4.46. The monoisotopic (exact) mass is 207 g/mol. The number of aliphatic hydroxyl groups is 1. The van der Waals surface area contributed by atoms with Gasteiger partial charge in [0.05, 0.1) is 5.60 Å². The minimum absolute atomic E-state index is 0.285. The molecule has 0 saturated heterocycles. The summed E-state index contributed by atoms with van der Waals surface area (Å²) in [6.45, 7) is 4.15. The Labute approximate surface area is 90.9 Å². The van der Waals surface area contributed by atoms with Gasteiger partial charge in [-0.3, -0.25) is 0 Å². The minimum atomic E-state index is -0.795. The molecule has 0 aliphatic carbocycles. The molecule has 80 valence electrons. The van der Waals surface area contributed by atoms with Gasteiger partial charge >= 0.3 is 0 Å². The standard InChI is InChI=1S/C11H15BFNO/c1-11(2,15)7-14-6-8-5-9(12)3-4-10(8)13/h3-5,14-15H,6-7H2,1-2H3. The van der Waals surface area contributed by atoms with Crippen LogP contribution in [0.25, 0.3) is 0 Å². The Bertz CT molecular complexity index is 336. The van der Waals surface area contributed by atoms with Crippen LogP contribution in [0.5, 0.6) is 0 Å². The van der Waals surface area contributed by atoms with Crippen molar-refractivity contribution in [2.75, 3.05) is 6.54 Å². The maximum Gasteiger partial charge on any atom is 0.127 e. The van der Waals surface area contributed by atoms with Crippen LogP contribution in [0.3, 0.4) is 0 Å². The molecular weight excluding hydrogens is 192 g/mol. The lowest BCUT2D eigenvalue weighted by Crippen LogP contribution is -2.34. The first-order valence-corrected chi connectivity index (χ1v) is 4.85. The number of benzene rings is 1. The van der Waals surface area contributed by atoms with Crippen LogP contribution < -0.4 is 10.8 Å². The molecular formula is C11H15BFNO. The average Bonchev–Trinajstić information content (AvgIpc) is 2.09. The van der Waals surface area contributed by atoms with Gasteiger partial charge in [0, 0.05) is 18.7 Å². The maximum atomic E-state index is 13.2. The molecule has 0 saturated carbocycles. The fraction of sp³-hybridized carbons (Fsp3) is 0.455. The van der Waals surface area contributed by atoms with Crippen LogP contribution in [0.1, 0.15) is 19.4 Å². The van der Waals surface area contributed by atoms with E-state index in [4.69, 9.17) is 7.85 Å². The van der Waals surface area contributed by atoms with Crippen molar-refractivity contribution in [1.29, 1.82) is 0 Å². The molecule has 0 fully saturated rings. The molecule has 1 aromatic rings. The first-order valence-electron chi connectivity index (χ1n) is 4.85. The maximum absolute atomic E-state index is 13.2. The molecule has 0 unspecified atom stereocenters. The summed E-state index contributed by atoms with van der Waals surface area (Å²) in [5.41, 5.74) is 0.257. The van der Waals surface area contributed by atoms with E-state index in [9.17, 15) is 9.50 Å². The van der Waals surface area contributed by atoms with E-state index >= 15 is 0 Å². The lowest BCUT2D eigenvalue weighted by molar-refractivity contribution is 0.0794. The van der Waals surface area contributed by atoms with Crippen molar-refractivity contribution in [2.24, 2.45) is 0 Å². The highest BCUT2D eigenvalue weighted by Crippen LogP contribution is 2.05. The first kappa shape index (κ1) is 12.2. The summed E-state index contributed by atoms with van der Waals surface area (Å²) in [5.74, 6) is -0.285. The van der Waals surface area contributed by atoms with Crippen molar-refractivity contribution in [3.8, 4) is 0 Å². The summed E-state index contributed by atoms with van der Waals surface area (Å²) >= 11 is 0. The van der Waals surface area contributed by atoms with E-state index in [0.29, 0.717) is 24.1 Å². The molecule has 0 heterocycles. The number of rotatable bonds is 4. The highest BCUT2D eigenvalue weighted by molar-refractivity contribution is 6.32. The van der Waals surface area contributed by atoms with E-state index in [1.165, 1.54) is 12.1 Å². The van der Waals surface area contributed by atoms with Gasteiger partial charge in [-0.1, -0.05) is 17.6 Å². The summed E-state index contributed by atoms with van der Waals surface area (Å²) in [7, 11) is 5.54. The molecule has 0 atom stereocenters. The lowest BCUT2D eigenvalue weighted by atomic mass is 9.94. The van der Waals surface area contributed by atoms with Gasteiger partial charge in [-0.05, 0) is 19.9 Å². The predicted molar refractivity (Wildman–Crippen MR) is 59.8 cm³/mol. The Kier molecular flexibility index (Phi) is 3.88. The summed E-state index contributed by atoms with van der Waals surface area (Å²) in [4.78, 5) is 0. The second kappa shape index (κ2) is 4.77.